The van der Waals surface area contributed by atoms with Crippen LogP contribution in [0.4, 0.5) is 4.39 Å². The van der Waals surface area contributed by atoms with Gasteiger partial charge >= 0.3 is 0 Å². The molecule has 2 rings (SSSR count). The third-order valence-corrected chi connectivity index (χ3v) is 3.93. The molecular weight excluding hydrogens is 301 g/mol. The lowest BCUT2D eigenvalue weighted by atomic mass is 10.0. The highest BCUT2D eigenvalue weighted by Crippen LogP contribution is 2.28. The first-order valence-electron chi connectivity index (χ1n) is 8.63. The first-order chi connectivity index (χ1) is 11.7. The number of nitrogens with zero attached hydrogens (tertiary/aromatic N) is 1. The third kappa shape index (κ3) is 5.80. The van der Waals surface area contributed by atoms with E-state index in [1.165, 1.54) is 5.56 Å². The van der Waals surface area contributed by atoms with E-state index in [0.717, 1.165) is 42.7 Å². The summed E-state index contributed by atoms with van der Waals surface area (Å²) in [5.74, 6) is 0.886. The second-order valence-corrected chi connectivity index (χ2v) is 6.02. The van der Waals surface area contributed by atoms with Crippen molar-refractivity contribution in [1.29, 1.82) is 0 Å². The van der Waals surface area contributed by atoms with E-state index in [4.69, 9.17) is 4.74 Å². The average molecular weight is 327 g/mol. The molecule has 2 nitrogen and oxygen atoms in total. The summed E-state index contributed by atoms with van der Waals surface area (Å²) in [5.41, 5.74) is 3.17. The fraction of sp³-hybridized carbons (Fsp3) is 0.381. The minimum atomic E-state index is -0.700. The van der Waals surface area contributed by atoms with Crippen LogP contribution >= 0.6 is 0 Å². The summed E-state index contributed by atoms with van der Waals surface area (Å²) in [6, 6.07) is 12.1. The van der Waals surface area contributed by atoms with Crippen molar-refractivity contribution in [2.75, 3.05) is 6.61 Å². The smallest absolute Gasteiger partial charge is 0.123 e. The topological polar surface area (TPSA) is 22.1 Å². The van der Waals surface area contributed by atoms with Gasteiger partial charge < -0.3 is 4.74 Å². The predicted octanol–water partition coefficient (Wildman–Crippen LogP) is 5.77. The van der Waals surface area contributed by atoms with Crippen molar-refractivity contribution in [3.8, 4) is 17.0 Å². The van der Waals surface area contributed by atoms with E-state index in [-0.39, 0.29) is 0 Å². The fourth-order valence-electron chi connectivity index (χ4n) is 2.65. The Morgan fingerprint density at radius 3 is 2.79 bits per heavy atom. The van der Waals surface area contributed by atoms with Crippen LogP contribution in [0.5, 0.6) is 5.75 Å². The summed E-state index contributed by atoms with van der Waals surface area (Å²) >= 11 is 0. The van der Waals surface area contributed by atoms with Crippen LogP contribution in [0.25, 0.3) is 11.3 Å². The Kier molecular flexibility index (Phi) is 7.47. The van der Waals surface area contributed by atoms with Crippen molar-refractivity contribution < 1.29 is 9.13 Å². The molecule has 0 amide bonds. The number of hydrogen-bond donors (Lipinski definition) is 0. The van der Waals surface area contributed by atoms with Crippen molar-refractivity contribution in [3.63, 3.8) is 0 Å². The van der Waals surface area contributed by atoms with Crippen molar-refractivity contribution in [2.24, 2.45) is 0 Å². The van der Waals surface area contributed by atoms with Gasteiger partial charge in [-0.05, 0) is 49.9 Å². The number of hydrogen-bond acceptors (Lipinski definition) is 2. The number of ether oxygens (including phenoxy) is 1. The molecule has 1 aromatic carbocycles. The maximum Gasteiger partial charge on any atom is 0.123 e. The Hall–Kier alpha value is -2.16. The molecule has 0 N–H and O–H groups in total. The van der Waals surface area contributed by atoms with E-state index in [1.54, 1.807) is 19.2 Å². The molecule has 1 aromatic heterocycles. The van der Waals surface area contributed by atoms with Gasteiger partial charge in [-0.1, -0.05) is 43.7 Å². The summed E-state index contributed by atoms with van der Waals surface area (Å²) in [7, 11) is 0. The highest BCUT2D eigenvalue weighted by atomic mass is 19.1. The van der Waals surface area contributed by atoms with Crippen LogP contribution in [0.3, 0.4) is 0 Å². The minimum Gasteiger partial charge on any atom is -0.489 e. The first kappa shape index (κ1) is 18.2. The molecule has 2 aromatic rings. The number of benzene rings is 1. The number of rotatable bonds is 10. The largest absolute Gasteiger partial charge is 0.489 e. The summed E-state index contributed by atoms with van der Waals surface area (Å²) in [6.07, 6.45) is 7.45. The van der Waals surface area contributed by atoms with Crippen molar-refractivity contribution in [3.05, 3.63) is 60.8 Å². The Labute approximate surface area is 144 Å². The SMILES string of the molecule is C=CCOc1cc(-c2ccccn2)ccc1CCCCCC(C)F. The lowest BCUT2D eigenvalue weighted by Crippen LogP contribution is -1.99. The van der Waals surface area contributed by atoms with Gasteiger partial charge in [0, 0.05) is 11.8 Å². The zero-order valence-electron chi connectivity index (χ0n) is 14.4. The Balaban J connectivity index is 2.05. The van der Waals surface area contributed by atoms with E-state index in [1.807, 2.05) is 24.3 Å². The molecule has 0 bridgehead atoms. The van der Waals surface area contributed by atoms with Gasteiger partial charge in [-0.2, -0.15) is 0 Å². The minimum absolute atomic E-state index is 0.484. The zero-order chi connectivity index (χ0) is 17.2. The number of pyridine rings is 1. The summed E-state index contributed by atoms with van der Waals surface area (Å²) in [5, 5.41) is 0. The van der Waals surface area contributed by atoms with E-state index in [0.29, 0.717) is 13.0 Å². The molecule has 1 unspecified atom stereocenters. The van der Waals surface area contributed by atoms with Crippen molar-refractivity contribution >= 4 is 0 Å². The lowest BCUT2D eigenvalue weighted by molar-refractivity contribution is 0.330. The summed E-state index contributed by atoms with van der Waals surface area (Å²) in [4.78, 5) is 4.39. The molecule has 0 fully saturated rings. The monoisotopic (exact) mass is 327 g/mol. The molecule has 0 spiro atoms. The van der Waals surface area contributed by atoms with Crippen molar-refractivity contribution in [1.82, 2.24) is 4.98 Å². The number of halogens is 1. The summed E-state index contributed by atoms with van der Waals surface area (Å²) in [6.45, 7) is 5.82. The quantitative estimate of drug-likeness (QED) is 0.408. The molecule has 0 aliphatic heterocycles. The van der Waals surface area contributed by atoms with Crippen LogP contribution in [-0.4, -0.2) is 17.8 Å². The molecule has 0 radical (unpaired) electrons. The van der Waals surface area contributed by atoms with Gasteiger partial charge in [0.05, 0.1) is 11.9 Å². The Bertz CT molecular complexity index is 625. The average Bonchev–Trinajstić information content (AvgIpc) is 2.60. The fourth-order valence-corrected chi connectivity index (χ4v) is 2.65. The molecule has 0 saturated carbocycles. The first-order valence-corrected chi connectivity index (χ1v) is 8.63. The normalized spacial score (nSPS) is 11.9. The van der Waals surface area contributed by atoms with Gasteiger partial charge in [0.1, 0.15) is 12.4 Å². The van der Waals surface area contributed by atoms with Gasteiger partial charge in [-0.15, -0.1) is 0 Å². The molecule has 0 aliphatic carbocycles. The molecule has 24 heavy (non-hydrogen) atoms. The van der Waals surface area contributed by atoms with Crippen LogP contribution in [0.2, 0.25) is 0 Å². The number of aromatic nitrogens is 1. The molecule has 1 heterocycles. The Morgan fingerprint density at radius 1 is 1.21 bits per heavy atom. The maximum absolute atomic E-state index is 12.8. The van der Waals surface area contributed by atoms with E-state index >= 15 is 0 Å². The van der Waals surface area contributed by atoms with E-state index in [2.05, 4.69) is 23.7 Å². The Morgan fingerprint density at radius 2 is 2.08 bits per heavy atom. The van der Waals surface area contributed by atoms with Crippen LogP contribution in [0.1, 0.15) is 38.2 Å². The standard InChI is InChI=1S/C21H26FNO/c1-3-15-24-21-16-19(20-11-7-8-14-23-20)13-12-18(21)10-6-4-5-9-17(2)22/h3,7-8,11-14,16-17H,1,4-6,9-10,15H2,2H3. The highest BCUT2D eigenvalue weighted by Gasteiger charge is 2.08. The van der Waals surface area contributed by atoms with Crippen LogP contribution in [0, 0.1) is 0 Å². The van der Waals surface area contributed by atoms with Gasteiger partial charge in [-0.25, -0.2) is 4.39 Å². The second-order valence-electron chi connectivity index (χ2n) is 6.02. The number of aryl methyl sites for hydroxylation is 1. The van der Waals surface area contributed by atoms with E-state index in [9.17, 15) is 4.39 Å². The summed E-state index contributed by atoms with van der Waals surface area (Å²) < 4.78 is 18.7. The highest BCUT2D eigenvalue weighted by molar-refractivity contribution is 5.62. The van der Waals surface area contributed by atoms with Crippen molar-refractivity contribution in [2.45, 2.75) is 45.2 Å². The molecule has 0 saturated heterocycles. The van der Waals surface area contributed by atoms with E-state index < -0.39 is 6.17 Å². The lowest BCUT2D eigenvalue weighted by Gasteiger charge is -2.12. The maximum atomic E-state index is 12.8. The third-order valence-electron chi connectivity index (χ3n) is 3.93. The number of unbranched alkanes of at least 4 members (excludes halogenated alkanes) is 2. The molecule has 3 heteroatoms. The van der Waals surface area contributed by atoms with Gasteiger partial charge in [0.2, 0.25) is 0 Å². The molecular formula is C21H26FNO. The van der Waals surface area contributed by atoms with Gasteiger partial charge in [0.15, 0.2) is 0 Å². The van der Waals surface area contributed by atoms with Gasteiger partial charge in [0.25, 0.3) is 0 Å². The van der Waals surface area contributed by atoms with Gasteiger partial charge in [-0.3, -0.25) is 4.98 Å². The molecule has 128 valence electrons. The van der Waals surface area contributed by atoms with Crippen LogP contribution < -0.4 is 4.74 Å². The second kappa shape index (κ2) is 9.86. The number of alkyl halides is 1. The van der Waals surface area contributed by atoms with Crippen LogP contribution in [0.15, 0.2) is 55.3 Å². The molecule has 1 atom stereocenters. The van der Waals surface area contributed by atoms with Crippen LogP contribution in [-0.2, 0) is 6.42 Å². The zero-order valence-corrected chi connectivity index (χ0v) is 14.4. The molecule has 0 aliphatic rings. The predicted molar refractivity (Wildman–Crippen MR) is 98.1 cm³/mol.